The molecule has 2 aromatic carbocycles. The molecule has 6 nitrogen and oxygen atoms in total. The Balaban J connectivity index is 1.78. The number of hydrogen-bond donors (Lipinski definition) is 2. The van der Waals surface area contributed by atoms with Gasteiger partial charge in [-0.25, -0.2) is 0 Å². The molecule has 3 aromatic rings. The van der Waals surface area contributed by atoms with Crippen LogP contribution in [0.5, 0.6) is 0 Å². The van der Waals surface area contributed by atoms with Crippen LogP contribution in [0, 0.1) is 6.92 Å². The molecule has 3 N–H and O–H groups in total. The van der Waals surface area contributed by atoms with Crippen molar-refractivity contribution in [3.63, 3.8) is 0 Å². The van der Waals surface area contributed by atoms with Gasteiger partial charge in [0.2, 0.25) is 17.7 Å². The summed E-state index contributed by atoms with van der Waals surface area (Å²) < 4.78 is 5.76. The fourth-order valence-electron chi connectivity index (χ4n) is 2.38. The molecule has 0 spiro atoms. The molecule has 0 aliphatic rings. The zero-order valence-electron chi connectivity index (χ0n) is 13.5. The van der Waals surface area contributed by atoms with Gasteiger partial charge < -0.3 is 15.5 Å². The van der Waals surface area contributed by atoms with Crippen molar-refractivity contribution in [2.75, 3.05) is 5.32 Å². The van der Waals surface area contributed by atoms with Gasteiger partial charge in [0, 0.05) is 16.8 Å². The first-order valence-electron chi connectivity index (χ1n) is 7.60. The van der Waals surface area contributed by atoms with Crippen LogP contribution in [0.25, 0.3) is 11.5 Å². The molecule has 0 saturated heterocycles. The number of nitrogens with zero attached hydrogens (tertiary/aromatic N) is 2. The molecule has 122 valence electrons. The van der Waals surface area contributed by atoms with Crippen LogP contribution in [-0.4, -0.2) is 16.1 Å². The van der Waals surface area contributed by atoms with E-state index in [1.54, 1.807) is 18.2 Å². The fourth-order valence-corrected chi connectivity index (χ4v) is 2.38. The third kappa shape index (κ3) is 3.43. The summed E-state index contributed by atoms with van der Waals surface area (Å²) in [6.45, 7) is 3.92. The number of aromatic nitrogens is 2. The number of primary amides is 1. The maximum Gasteiger partial charge on any atom is 0.248 e. The molecular formula is C18H18N4O2. The average molecular weight is 322 g/mol. The van der Waals surface area contributed by atoms with Gasteiger partial charge in [-0.3, -0.25) is 4.79 Å². The van der Waals surface area contributed by atoms with Gasteiger partial charge >= 0.3 is 0 Å². The number of nitrogens with one attached hydrogen (secondary N) is 1. The summed E-state index contributed by atoms with van der Waals surface area (Å²) in [5.74, 6) is 0.482. The standard InChI is InChI=1S/C18H18N4O2/c1-11-5-3-7-14(9-11)18-22-21-17(24-18)12(2)20-15-8-4-6-13(10-15)16(19)23/h3-10,12,20H,1-2H3,(H2,19,23)/t12-/m0/s1. The van der Waals surface area contributed by atoms with Gasteiger partial charge in [0.1, 0.15) is 6.04 Å². The maximum absolute atomic E-state index is 11.3. The summed E-state index contributed by atoms with van der Waals surface area (Å²) in [4.78, 5) is 11.3. The lowest BCUT2D eigenvalue weighted by Gasteiger charge is -2.11. The fraction of sp³-hybridized carbons (Fsp3) is 0.167. The van der Waals surface area contributed by atoms with Crippen molar-refractivity contribution in [3.05, 3.63) is 65.5 Å². The predicted molar refractivity (Wildman–Crippen MR) is 91.5 cm³/mol. The Morgan fingerprint density at radius 2 is 1.96 bits per heavy atom. The van der Waals surface area contributed by atoms with Gasteiger partial charge in [0.05, 0.1) is 0 Å². The number of hydrogen-bond acceptors (Lipinski definition) is 5. The molecule has 1 aromatic heterocycles. The van der Waals surface area contributed by atoms with Crippen LogP contribution >= 0.6 is 0 Å². The van der Waals surface area contributed by atoms with Crippen LogP contribution in [0.4, 0.5) is 5.69 Å². The largest absolute Gasteiger partial charge is 0.418 e. The van der Waals surface area contributed by atoms with E-state index in [1.807, 2.05) is 44.2 Å². The van der Waals surface area contributed by atoms with Crippen molar-refractivity contribution < 1.29 is 9.21 Å². The number of anilines is 1. The highest BCUT2D eigenvalue weighted by Gasteiger charge is 2.15. The summed E-state index contributed by atoms with van der Waals surface area (Å²) >= 11 is 0. The molecule has 1 atom stereocenters. The number of benzene rings is 2. The predicted octanol–water partition coefficient (Wildman–Crippen LogP) is 3.32. The van der Waals surface area contributed by atoms with Gasteiger partial charge in [-0.1, -0.05) is 23.8 Å². The monoisotopic (exact) mass is 322 g/mol. The normalized spacial score (nSPS) is 11.9. The summed E-state index contributed by atoms with van der Waals surface area (Å²) in [6, 6.07) is 14.6. The third-order valence-corrected chi connectivity index (χ3v) is 3.61. The number of aryl methyl sites for hydroxylation is 1. The van der Waals surface area contributed by atoms with Crippen LogP contribution in [0.3, 0.4) is 0 Å². The molecule has 0 fully saturated rings. The van der Waals surface area contributed by atoms with E-state index in [-0.39, 0.29) is 6.04 Å². The molecule has 0 bridgehead atoms. The highest BCUT2D eigenvalue weighted by atomic mass is 16.4. The molecule has 3 rings (SSSR count). The zero-order chi connectivity index (χ0) is 17.1. The number of carbonyl (C=O) groups excluding carboxylic acids is 1. The van der Waals surface area contributed by atoms with Crippen molar-refractivity contribution in [3.8, 4) is 11.5 Å². The summed E-state index contributed by atoms with van der Waals surface area (Å²) in [5.41, 5.74) is 8.51. The van der Waals surface area contributed by atoms with Crippen LogP contribution in [-0.2, 0) is 0 Å². The van der Waals surface area contributed by atoms with E-state index in [2.05, 4.69) is 15.5 Å². The summed E-state index contributed by atoms with van der Waals surface area (Å²) in [6.07, 6.45) is 0. The molecule has 0 unspecified atom stereocenters. The minimum atomic E-state index is -0.467. The SMILES string of the molecule is Cc1cccc(-c2nnc([C@H](C)Nc3cccc(C(N)=O)c3)o2)c1. The van der Waals surface area contributed by atoms with Crippen LogP contribution < -0.4 is 11.1 Å². The Labute approximate surface area is 139 Å². The molecule has 6 heteroatoms. The van der Waals surface area contributed by atoms with Crippen molar-refractivity contribution in [2.45, 2.75) is 19.9 Å². The molecule has 1 amide bonds. The van der Waals surface area contributed by atoms with E-state index in [1.165, 1.54) is 0 Å². The molecule has 1 heterocycles. The minimum Gasteiger partial charge on any atom is -0.418 e. The highest BCUT2D eigenvalue weighted by molar-refractivity contribution is 5.93. The van der Waals surface area contributed by atoms with Crippen molar-refractivity contribution in [1.29, 1.82) is 0 Å². The molecule has 0 radical (unpaired) electrons. The molecule has 0 aliphatic carbocycles. The van der Waals surface area contributed by atoms with E-state index in [9.17, 15) is 4.79 Å². The van der Waals surface area contributed by atoms with Crippen molar-refractivity contribution in [1.82, 2.24) is 10.2 Å². The second-order valence-electron chi connectivity index (χ2n) is 5.63. The van der Waals surface area contributed by atoms with Gasteiger partial charge in [-0.2, -0.15) is 0 Å². The third-order valence-electron chi connectivity index (χ3n) is 3.61. The molecule has 0 aliphatic heterocycles. The first-order chi connectivity index (χ1) is 11.5. The van der Waals surface area contributed by atoms with Crippen LogP contribution in [0.2, 0.25) is 0 Å². The Kier molecular flexibility index (Phi) is 4.29. The minimum absolute atomic E-state index is 0.209. The Morgan fingerprint density at radius 3 is 2.71 bits per heavy atom. The Bertz CT molecular complexity index is 873. The van der Waals surface area contributed by atoms with Gasteiger partial charge in [-0.05, 0) is 44.2 Å². The highest BCUT2D eigenvalue weighted by Crippen LogP contribution is 2.24. The lowest BCUT2D eigenvalue weighted by molar-refractivity contribution is 0.100. The van der Waals surface area contributed by atoms with E-state index in [0.717, 1.165) is 16.8 Å². The topological polar surface area (TPSA) is 94.0 Å². The number of nitrogens with two attached hydrogens (primary N) is 1. The van der Waals surface area contributed by atoms with Crippen molar-refractivity contribution in [2.24, 2.45) is 5.73 Å². The van der Waals surface area contributed by atoms with E-state index in [4.69, 9.17) is 10.2 Å². The lowest BCUT2D eigenvalue weighted by Crippen LogP contribution is -2.12. The van der Waals surface area contributed by atoms with E-state index in [0.29, 0.717) is 17.3 Å². The lowest BCUT2D eigenvalue weighted by atomic mass is 10.1. The Morgan fingerprint density at radius 1 is 1.17 bits per heavy atom. The van der Waals surface area contributed by atoms with Crippen LogP contribution in [0.1, 0.15) is 34.8 Å². The summed E-state index contributed by atoms with van der Waals surface area (Å²) in [5, 5.41) is 11.4. The first-order valence-corrected chi connectivity index (χ1v) is 7.60. The maximum atomic E-state index is 11.3. The second kappa shape index (κ2) is 6.54. The van der Waals surface area contributed by atoms with E-state index < -0.39 is 5.91 Å². The summed E-state index contributed by atoms with van der Waals surface area (Å²) in [7, 11) is 0. The van der Waals surface area contributed by atoms with Gasteiger partial charge in [0.15, 0.2) is 0 Å². The first kappa shape index (κ1) is 15.7. The Hall–Kier alpha value is -3.15. The quantitative estimate of drug-likeness (QED) is 0.751. The number of carbonyl (C=O) groups is 1. The van der Waals surface area contributed by atoms with Gasteiger partial charge in [-0.15, -0.1) is 10.2 Å². The van der Waals surface area contributed by atoms with Gasteiger partial charge in [0.25, 0.3) is 0 Å². The van der Waals surface area contributed by atoms with E-state index >= 15 is 0 Å². The molecule has 24 heavy (non-hydrogen) atoms. The molecular weight excluding hydrogens is 304 g/mol. The number of amides is 1. The smallest absolute Gasteiger partial charge is 0.248 e. The zero-order valence-corrected chi connectivity index (χ0v) is 13.5. The van der Waals surface area contributed by atoms with Crippen molar-refractivity contribution >= 4 is 11.6 Å². The number of rotatable bonds is 5. The second-order valence-corrected chi connectivity index (χ2v) is 5.63. The van der Waals surface area contributed by atoms with Crippen LogP contribution in [0.15, 0.2) is 52.9 Å². The molecule has 0 saturated carbocycles. The average Bonchev–Trinajstić information content (AvgIpc) is 3.05.